The summed E-state index contributed by atoms with van der Waals surface area (Å²) in [6, 6.07) is 0. The fourth-order valence-electron chi connectivity index (χ4n) is 6.84. The lowest BCUT2D eigenvalue weighted by Crippen LogP contribution is -2.15. The molecule has 0 saturated heterocycles. The molecule has 6 nitrogen and oxygen atoms in total. The minimum Gasteiger partial charge on any atom is -0.463 e. The quantitative estimate of drug-likeness (QED) is 0.0325. The Labute approximate surface area is 336 Å². The molecule has 54 heavy (non-hydrogen) atoms. The average molecular weight is 767 g/mol. The van der Waals surface area contributed by atoms with Gasteiger partial charge in [-0.05, 0) is 64.7 Å². The van der Waals surface area contributed by atoms with E-state index in [1.54, 1.807) is 0 Å². The molecule has 0 fully saturated rings. The summed E-state index contributed by atoms with van der Waals surface area (Å²) >= 11 is 0. The van der Waals surface area contributed by atoms with Crippen molar-refractivity contribution in [2.24, 2.45) is 0 Å². The summed E-state index contributed by atoms with van der Waals surface area (Å²) in [7, 11) is 0. The summed E-state index contributed by atoms with van der Waals surface area (Å²) in [5, 5.41) is 24.0. The number of aliphatic hydroxyl groups is 3. The van der Waals surface area contributed by atoms with Crippen LogP contribution in [0.25, 0.3) is 0 Å². The number of unbranched alkanes of at least 4 members (excludes halogenated alkanes) is 29. The van der Waals surface area contributed by atoms with Crippen molar-refractivity contribution in [1.29, 1.82) is 0 Å². The van der Waals surface area contributed by atoms with Crippen molar-refractivity contribution in [3.8, 4) is 0 Å². The molecule has 0 aliphatic rings. The minimum atomic E-state index is -0.954. The van der Waals surface area contributed by atoms with Gasteiger partial charge >= 0.3 is 5.97 Å². The Bertz CT molecular complexity index is 764. The lowest BCUT2D eigenvalue weighted by atomic mass is 10.0. The smallest absolute Gasteiger partial charge is 0.306 e. The van der Waals surface area contributed by atoms with Gasteiger partial charge in [0.1, 0.15) is 11.9 Å². The van der Waals surface area contributed by atoms with Crippen LogP contribution in [-0.2, 0) is 14.3 Å². The van der Waals surface area contributed by atoms with E-state index in [9.17, 15) is 9.59 Å². The maximum atomic E-state index is 12.2. The largest absolute Gasteiger partial charge is 0.463 e. The first-order chi connectivity index (χ1) is 26.4. The molecule has 0 rings (SSSR count). The highest BCUT2D eigenvalue weighted by Gasteiger charge is 2.09. The Morgan fingerprint density at radius 2 is 0.778 bits per heavy atom. The molecule has 0 spiro atoms. The fraction of sp³-hybridized carbons (Fsp3) is 0.917. The number of Topliss-reactive ketones (excluding diaryl/α,β-unsaturated/α-hetero) is 1. The summed E-state index contributed by atoms with van der Waals surface area (Å²) < 4.78 is 5.65. The Balaban J connectivity index is 0. The third kappa shape index (κ3) is 48.8. The molecule has 0 radical (unpaired) electrons. The van der Waals surface area contributed by atoms with E-state index in [1.807, 2.05) is 6.92 Å². The number of rotatable bonds is 42. The van der Waals surface area contributed by atoms with Crippen LogP contribution in [0.4, 0.5) is 0 Å². The van der Waals surface area contributed by atoms with Gasteiger partial charge < -0.3 is 20.1 Å². The number of carbonyl (C=O) groups is 2. The van der Waals surface area contributed by atoms with Gasteiger partial charge in [0.2, 0.25) is 0 Å². The Morgan fingerprint density at radius 3 is 1.13 bits per heavy atom. The average Bonchev–Trinajstić information content (AvgIpc) is 3.17. The van der Waals surface area contributed by atoms with Crippen LogP contribution in [0, 0.1) is 0 Å². The van der Waals surface area contributed by atoms with Crippen molar-refractivity contribution in [3.63, 3.8) is 0 Å². The van der Waals surface area contributed by atoms with Crippen LogP contribution in [0.3, 0.4) is 0 Å². The molecule has 1 unspecified atom stereocenters. The standard InChI is InChI=1S/C45H86O3.C3H8O3/c1-4-6-8-10-12-14-16-18-19-21-23-25-30-34-38-42-45(47)48-43(3)39-35-31-27-26-29-33-37-41-44(46)40-36-32-28-24-22-20-17-15-13-11-9-7-5-2;4-1-3(6)2-5/h18-19,43H,4-17,20-42H2,1-3H3;3-6H,1-2H2/b19-18-;. The number of hydrogen-bond acceptors (Lipinski definition) is 6. The number of ether oxygens (including phenoxy) is 1. The third-order valence-electron chi connectivity index (χ3n) is 10.5. The molecule has 0 saturated carbocycles. The van der Waals surface area contributed by atoms with Gasteiger partial charge in [0, 0.05) is 19.3 Å². The molecule has 6 heteroatoms. The number of aliphatic hydroxyl groups excluding tert-OH is 3. The predicted octanol–water partition coefficient (Wildman–Crippen LogP) is 13.8. The Kier molecular flexibility index (Phi) is 48.7. The van der Waals surface area contributed by atoms with Gasteiger partial charge in [0.25, 0.3) is 0 Å². The van der Waals surface area contributed by atoms with Gasteiger partial charge in [-0.1, -0.05) is 187 Å². The third-order valence-corrected chi connectivity index (χ3v) is 10.5. The highest BCUT2D eigenvalue weighted by atomic mass is 16.5. The molecule has 0 aromatic heterocycles. The maximum absolute atomic E-state index is 12.2. The van der Waals surface area contributed by atoms with E-state index in [-0.39, 0.29) is 25.3 Å². The van der Waals surface area contributed by atoms with Crippen molar-refractivity contribution in [1.82, 2.24) is 0 Å². The first-order valence-electron chi connectivity index (χ1n) is 23.7. The molecular weight excluding hydrogens is 673 g/mol. The molecular formula is C48H94O6. The van der Waals surface area contributed by atoms with Crippen molar-refractivity contribution in [2.75, 3.05) is 13.2 Å². The van der Waals surface area contributed by atoms with Gasteiger partial charge in [-0.3, -0.25) is 9.59 Å². The van der Waals surface area contributed by atoms with Gasteiger partial charge in [-0.15, -0.1) is 0 Å². The zero-order valence-corrected chi connectivity index (χ0v) is 36.5. The molecule has 0 heterocycles. The highest BCUT2D eigenvalue weighted by molar-refractivity contribution is 5.78. The number of allylic oxidation sites excluding steroid dienone is 2. The van der Waals surface area contributed by atoms with Crippen LogP contribution in [0.2, 0.25) is 0 Å². The topological polar surface area (TPSA) is 104 Å². The molecule has 0 aromatic carbocycles. The summed E-state index contributed by atoms with van der Waals surface area (Å²) in [6.07, 6.45) is 49.6. The van der Waals surface area contributed by atoms with E-state index >= 15 is 0 Å². The van der Waals surface area contributed by atoms with Crippen molar-refractivity contribution < 1.29 is 29.6 Å². The molecule has 322 valence electrons. The molecule has 0 bridgehead atoms. The van der Waals surface area contributed by atoms with Gasteiger partial charge in [0.15, 0.2) is 0 Å². The second-order valence-electron chi connectivity index (χ2n) is 16.2. The molecule has 0 aliphatic heterocycles. The Morgan fingerprint density at radius 1 is 0.463 bits per heavy atom. The molecule has 0 amide bonds. The van der Waals surface area contributed by atoms with Crippen molar-refractivity contribution >= 4 is 11.8 Å². The highest BCUT2D eigenvalue weighted by Crippen LogP contribution is 2.16. The predicted molar refractivity (Wildman–Crippen MR) is 232 cm³/mol. The molecule has 1 atom stereocenters. The second kappa shape index (κ2) is 47.9. The monoisotopic (exact) mass is 767 g/mol. The number of ketones is 1. The molecule has 3 N–H and O–H groups in total. The van der Waals surface area contributed by atoms with Crippen LogP contribution in [0.15, 0.2) is 12.2 Å². The Hall–Kier alpha value is -1.24. The lowest BCUT2D eigenvalue weighted by Gasteiger charge is -2.13. The van der Waals surface area contributed by atoms with Gasteiger partial charge in [-0.2, -0.15) is 0 Å². The van der Waals surface area contributed by atoms with Crippen LogP contribution in [0.5, 0.6) is 0 Å². The second-order valence-corrected chi connectivity index (χ2v) is 16.2. The SMILES string of the molecule is CCCCCCCC/C=C\CCCCCCCC(=O)OC(C)CCCCCCCCCC(=O)CCCCCCCCCCCCCCC.OCC(O)CO. The lowest BCUT2D eigenvalue weighted by molar-refractivity contribution is -0.148. The number of hydrogen-bond donors (Lipinski definition) is 3. The maximum Gasteiger partial charge on any atom is 0.306 e. The summed E-state index contributed by atoms with van der Waals surface area (Å²) in [5.41, 5.74) is 0. The fourth-order valence-corrected chi connectivity index (χ4v) is 6.84. The van der Waals surface area contributed by atoms with E-state index in [4.69, 9.17) is 20.1 Å². The van der Waals surface area contributed by atoms with Crippen LogP contribution < -0.4 is 0 Å². The number of esters is 1. The van der Waals surface area contributed by atoms with Crippen molar-refractivity contribution in [2.45, 2.75) is 271 Å². The van der Waals surface area contributed by atoms with Crippen LogP contribution in [0.1, 0.15) is 258 Å². The minimum absolute atomic E-state index is 0.0104. The van der Waals surface area contributed by atoms with E-state index in [2.05, 4.69) is 26.0 Å². The first kappa shape index (κ1) is 54.9. The van der Waals surface area contributed by atoms with Gasteiger partial charge in [0.05, 0.1) is 19.3 Å². The van der Waals surface area contributed by atoms with Gasteiger partial charge in [-0.25, -0.2) is 0 Å². The zero-order chi connectivity index (χ0) is 40.0. The van der Waals surface area contributed by atoms with E-state index in [0.717, 1.165) is 51.4 Å². The van der Waals surface area contributed by atoms with E-state index in [1.165, 1.54) is 180 Å². The summed E-state index contributed by atoms with van der Waals surface area (Å²) in [6.45, 7) is 5.88. The summed E-state index contributed by atoms with van der Waals surface area (Å²) in [5.74, 6) is 0.475. The van der Waals surface area contributed by atoms with E-state index < -0.39 is 6.10 Å². The number of carbonyl (C=O) groups excluding carboxylic acids is 2. The molecule has 0 aliphatic carbocycles. The summed E-state index contributed by atoms with van der Waals surface area (Å²) in [4.78, 5) is 24.4. The van der Waals surface area contributed by atoms with Crippen molar-refractivity contribution in [3.05, 3.63) is 12.2 Å². The van der Waals surface area contributed by atoms with Crippen LogP contribution in [-0.4, -0.2) is 52.5 Å². The van der Waals surface area contributed by atoms with Crippen LogP contribution >= 0.6 is 0 Å². The first-order valence-corrected chi connectivity index (χ1v) is 23.7. The van der Waals surface area contributed by atoms with E-state index in [0.29, 0.717) is 12.2 Å². The molecule has 0 aromatic rings. The zero-order valence-electron chi connectivity index (χ0n) is 36.5. The normalized spacial score (nSPS) is 12.0.